The van der Waals surface area contributed by atoms with Crippen molar-refractivity contribution in [3.8, 4) is 16.2 Å². The molecule has 0 saturated heterocycles. The third-order valence-corrected chi connectivity index (χ3v) is 6.03. The van der Waals surface area contributed by atoms with E-state index in [-0.39, 0.29) is 11.7 Å². The Morgan fingerprint density at radius 3 is 2.68 bits per heavy atom. The van der Waals surface area contributed by atoms with Crippen LogP contribution in [-0.2, 0) is 0 Å². The van der Waals surface area contributed by atoms with E-state index >= 15 is 0 Å². The van der Waals surface area contributed by atoms with Crippen LogP contribution in [0.25, 0.3) is 10.4 Å². The molecule has 0 atom stereocenters. The number of nitrogens with zero attached hydrogens (tertiary/aromatic N) is 1. The average Bonchev–Trinajstić information content (AvgIpc) is 3.25. The van der Waals surface area contributed by atoms with Crippen molar-refractivity contribution in [2.75, 3.05) is 0 Å². The van der Waals surface area contributed by atoms with Gasteiger partial charge in [-0.3, -0.25) is 4.79 Å². The highest BCUT2D eigenvalue weighted by Crippen LogP contribution is 2.40. The maximum absolute atomic E-state index is 11.9. The molecule has 0 aliphatic heterocycles. The first-order valence-corrected chi connectivity index (χ1v) is 9.63. The van der Waals surface area contributed by atoms with E-state index in [1.165, 1.54) is 22.7 Å². The first kappa shape index (κ1) is 17.9. The molecule has 0 unspecified atom stereocenters. The van der Waals surface area contributed by atoms with E-state index in [0.29, 0.717) is 31.1 Å². The Morgan fingerprint density at radius 1 is 1.20 bits per heavy atom. The van der Waals surface area contributed by atoms with Crippen LogP contribution < -0.4 is 5.43 Å². The van der Waals surface area contributed by atoms with Gasteiger partial charge in [-0.15, -0.1) is 22.7 Å². The Labute approximate surface area is 162 Å². The fraction of sp³-hybridized carbons (Fsp3) is 0.0588. The lowest BCUT2D eigenvalue weighted by molar-refractivity contribution is 0.0959. The lowest BCUT2D eigenvalue weighted by atomic mass is 10.1. The van der Waals surface area contributed by atoms with E-state index in [2.05, 4.69) is 10.5 Å². The van der Waals surface area contributed by atoms with Gasteiger partial charge in [0.2, 0.25) is 0 Å². The smallest absolute Gasteiger partial charge is 0.281 e. The lowest BCUT2D eigenvalue weighted by Crippen LogP contribution is -2.18. The summed E-state index contributed by atoms with van der Waals surface area (Å²) in [6.07, 6.45) is 0. The van der Waals surface area contributed by atoms with Crippen LogP contribution >= 0.6 is 45.9 Å². The van der Waals surface area contributed by atoms with Gasteiger partial charge in [0, 0.05) is 5.38 Å². The molecule has 8 heteroatoms. The molecule has 0 bridgehead atoms. The summed E-state index contributed by atoms with van der Waals surface area (Å²) in [5.74, 6) is -0.191. The molecule has 0 aliphatic rings. The molecule has 3 rings (SSSR count). The third kappa shape index (κ3) is 3.88. The topological polar surface area (TPSA) is 61.7 Å². The van der Waals surface area contributed by atoms with Crippen molar-refractivity contribution >= 4 is 57.5 Å². The van der Waals surface area contributed by atoms with Crippen molar-refractivity contribution < 1.29 is 9.90 Å². The second-order valence-electron chi connectivity index (χ2n) is 5.07. The summed E-state index contributed by atoms with van der Waals surface area (Å²) in [4.78, 5) is 13.2. The van der Waals surface area contributed by atoms with Gasteiger partial charge in [0.1, 0.15) is 5.75 Å². The minimum Gasteiger partial charge on any atom is -0.506 e. The maximum atomic E-state index is 11.9. The number of hydrogen-bond acceptors (Lipinski definition) is 5. The molecule has 1 aromatic carbocycles. The normalized spacial score (nSPS) is 11.6. The summed E-state index contributed by atoms with van der Waals surface area (Å²) >= 11 is 14.7. The van der Waals surface area contributed by atoms with Crippen molar-refractivity contribution in [3.63, 3.8) is 0 Å². The monoisotopic (exact) mass is 410 g/mol. The number of aromatic hydroxyl groups is 1. The fourth-order valence-corrected chi connectivity index (χ4v) is 4.02. The van der Waals surface area contributed by atoms with Gasteiger partial charge in [0.25, 0.3) is 5.91 Å². The van der Waals surface area contributed by atoms with Crippen LogP contribution in [0.3, 0.4) is 0 Å². The molecule has 3 aromatic rings. The molecule has 0 fully saturated rings. The van der Waals surface area contributed by atoms with Crippen LogP contribution in [0, 0.1) is 0 Å². The van der Waals surface area contributed by atoms with E-state index in [9.17, 15) is 9.90 Å². The van der Waals surface area contributed by atoms with E-state index in [1.54, 1.807) is 42.6 Å². The summed E-state index contributed by atoms with van der Waals surface area (Å²) in [7, 11) is 0. The van der Waals surface area contributed by atoms with Gasteiger partial charge in [0.15, 0.2) is 0 Å². The molecule has 2 heterocycles. The zero-order chi connectivity index (χ0) is 18.0. The summed E-state index contributed by atoms with van der Waals surface area (Å²) < 4.78 is 0. The van der Waals surface area contributed by atoms with Gasteiger partial charge >= 0.3 is 0 Å². The minimum atomic E-state index is -0.284. The number of hydrogen-bond donors (Lipinski definition) is 2. The molecule has 0 saturated carbocycles. The number of rotatable bonds is 4. The highest BCUT2D eigenvalue weighted by atomic mass is 35.5. The quantitative estimate of drug-likeness (QED) is 0.431. The van der Waals surface area contributed by atoms with Crippen molar-refractivity contribution in [2.45, 2.75) is 6.92 Å². The molecule has 2 aromatic heterocycles. The number of carbonyl (C=O) groups is 1. The Morgan fingerprint density at radius 2 is 2.00 bits per heavy atom. The molecule has 0 radical (unpaired) electrons. The Balaban J connectivity index is 1.83. The van der Waals surface area contributed by atoms with Gasteiger partial charge in [-0.2, -0.15) is 5.10 Å². The van der Waals surface area contributed by atoms with Crippen LogP contribution in [-0.4, -0.2) is 16.7 Å². The number of hydrazone groups is 1. The largest absolute Gasteiger partial charge is 0.506 e. The first-order valence-electron chi connectivity index (χ1n) is 7.11. The van der Waals surface area contributed by atoms with Gasteiger partial charge in [-0.25, -0.2) is 5.43 Å². The Bertz CT molecular complexity index is 950. The van der Waals surface area contributed by atoms with Crippen molar-refractivity contribution in [1.29, 1.82) is 0 Å². The van der Waals surface area contributed by atoms with Crippen molar-refractivity contribution in [1.82, 2.24) is 5.43 Å². The van der Waals surface area contributed by atoms with Gasteiger partial charge < -0.3 is 5.11 Å². The SMILES string of the molecule is CC(=NNC(=O)c1cccs1)c1csc(-c2ccc(Cl)c(Cl)c2)c1O. The van der Waals surface area contributed by atoms with E-state index < -0.39 is 0 Å². The lowest BCUT2D eigenvalue weighted by Gasteiger charge is -2.04. The van der Waals surface area contributed by atoms with Gasteiger partial charge in [-0.05, 0) is 36.1 Å². The van der Waals surface area contributed by atoms with Crippen LogP contribution in [0.15, 0.2) is 46.2 Å². The summed E-state index contributed by atoms with van der Waals surface area (Å²) in [6, 6.07) is 8.68. The van der Waals surface area contributed by atoms with Crippen LogP contribution in [0.5, 0.6) is 5.75 Å². The molecule has 128 valence electrons. The van der Waals surface area contributed by atoms with Crippen LogP contribution in [0.1, 0.15) is 22.2 Å². The van der Waals surface area contributed by atoms with Crippen LogP contribution in [0.4, 0.5) is 0 Å². The van der Waals surface area contributed by atoms with Gasteiger partial charge in [0.05, 0.1) is 31.1 Å². The first-order chi connectivity index (χ1) is 12.0. The number of halogens is 2. The molecule has 1 amide bonds. The van der Waals surface area contributed by atoms with E-state index in [4.69, 9.17) is 23.2 Å². The molecule has 2 N–H and O–H groups in total. The predicted octanol–water partition coefficient (Wildman–Crippen LogP) is 5.64. The number of benzene rings is 1. The molecular formula is C17H12Cl2N2O2S2. The highest BCUT2D eigenvalue weighted by molar-refractivity contribution is 7.14. The van der Waals surface area contributed by atoms with E-state index in [1.807, 2.05) is 5.38 Å². The van der Waals surface area contributed by atoms with Crippen molar-refractivity contribution in [3.05, 3.63) is 61.6 Å². The molecule has 0 spiro atoms. The fourth-order valence-electron chi connectivity index (χ4n) is 2.11. The second kappa shape index (κ2) is 7.58. The van der Waals surface area contributed by atoms with Crippen LogP contribution in [0.2, 0.25) is 10.0 Å². The van der Waals surface area contributed by atoms with Gasteiger partial charge in [-0.1, -0.05) is 35.3 Å². The number of amides is 1. The molecule has 4 nitrogen and oxygen atoms in total. The number of nitrogens with one attached hydrogen (secondary N) is 1. The second-order valence-corrected chi connectivity index (χ2v) is 7.71. The summed E-state index contributed by atoms with van der Waals surface area (Å²) in [6.45, 7) is 1.72. The molecule has 0 aliphatic carbocycles. The average molecular weight is 411 g/mol. The number of thiophene rings is 2. The van der Waals surface area contributed by atoms with Crippen molar-refractivity contribution in [2.24, 2.45) is 5.10 Å². The minimum absolute atomic E-state index is 0.0926. The number of carbonyl (C=O) groups excluding carboxylic acids is 1. The molecular weight excluding hydrogens is 399 g/mol. The zero-order valence-electron chi connectivity index (χ0n) is 12.9. The highest BCUT2D eigenvalue weighted by Gasteiger charge is 2.16. The summed E-state index contributed by atoms with van der Waals surface area (Å²) in [5, 5.41) is 19.1. The predicted molar refractivity (Wildman–Crippen MR) is 105 cm³/mol. The summed E-state index contributed by atoms with van der Waals surface area (Å²) in [5.41, 5.74) is 4.31. The van der Waals surface area contributed by atoms with E-state index in [0.717, 1.165) is 5.56 Å². The third-order valence-electron chi connectivity index (χ3n) is 3.41. The zero-order valence-corrected chi connectivity index (χ0v) is 16.1. The molecule has 25 heavy (non-hydrogen) atoms. The maximum Gasteiger partial charge on any atom is 0.281 e. The Kier molecular flexibility index (Phi) is 5.44. The Hall–Kier alpha value is -1.86. The standard InChI is InChI=1S/C17H12Cl2N2O2S2/c1-9(20-21-17(23)14-3-2-6-24-14)11-8-25-16(15(11)22)10-4-5-12(18)13(19)7-10/h2-8,22H,1H3,(H,21,23).